The van der Waals surface area contributed by atoms with E-state index in [0.29, 0.717) is 5.75 Å². The van der Waals surface area contributed by atoms with Gasteiger partial charge in [-0.25, -0.2) is 16.8 Å². The summed E-state index contributed by atoms with van der Waals surface area (Å²) in [5, 5.41) is 0. The number of esters is 2. The fourth-order valence-electron chi connectivity index (χ4n) is 4.23. The van der Waals surface area contributed by atoms with Crippen LogP contribution in [0.25, 0.3) is 0 Å². The van der Waals surface area contributed by atoms with Crippen molar-refractivity contribution >= 4 is 31.6 Å². The van der Waals surface area contributed by atoms with E-state index in [2.05, 4.69) is 0 Å². The molecule has 0 spiro atoms. The highest BCUT2D eigenvalue weighted by Crippen LogP contribution is 2.42. The average molecular weight is 575 g/mol. The molecule has 3 aromatic rings. The molecule has 3 rings (SSSR count). The second-order valence-corrected chi connectivity index (χ2v) is 12.8. The number of rotatable bonds is 12. The van der Waals surface area contributed by atoms with E-state index in [-0.39, 0.29) is 28.6 Å². The Labute approximate surface area is 228 Å². The Balaban J connectivity index is 2.44. The van der Waals surface area contributed by atoms with Crippen molar-refractivity contribution in [2.24, 2.45) is 5.92 Å². The van der Waals surface area contributed by atoms with E-state index >= 15 is 0 Å². The smallest absolute Gasteiger partial charge is 0.321 e. The Morgan fingerprint density at radius 3 is 1.44 bits per heavy atom. The van der Waals surface area contributed by atoms with Crippen LogP contribution in [0.2, 0.25) is 0 Å². The highest BCUT2D eigenvalue weighted by molar-refractivity contribution is 8.09. The van der Waals surface area contributed by atoms with Crippen LogP contribution >= 0.6 is 0 Å². The van der Waals surface area contributed by atoms with Crippen LogP contribution in [-0.4, -0.2) is 53.7 Å². The maximum Gasteiger partial charge on any atom is 0.321 e. The number of carbonyl (C=O) groups excluding carboxylic acids is 2. The zero-order valence-corrected chi connectivity index (χ0v) is 23.4. The topological polar surface area (TPSA) is 130 Å². The summed E-state index contributed by atoms with van der Waals surface area (Å²) in [6.45, 7) is 2.76. The van der Waals surface area contributed by atoms with E-state index in [9.17, 15) is 26.4 Å². The first-order valence-electron chi connectivity index (χ1n) is 12.1. The molecule has 1 unspecified atom stereocenters. The SMILES string of the molecule is CCOC(=O)C(C(=O)OCC)C(c1ccc(OC)cc1)C(S(=O)(=O)c1ccccc1)S(=O)(=O)c1ccccc1. The van der Waals surface area contributed by atoms with E-state index in [1.807, 2.05) is 0 Å². The van der Waals surface area contributed by atoms with Crippen molar-refractivity contribution in [2.45, 2.75) is 34.1 Å². The second-order valence-electron chi connectivity index (χ2n) is 8.37. The summed E-state index contributed by atoms with van der Waals surface area (Å²) in [6.07, 6.45) is 0. The van der Waals surface area contributed by atoms with E-state index < -0.39 is 48.0 Å². The molecule has 208 valence electrons. The third-order valence-electron chi connectivity index (χ3n) is 5.99. The largest absolute Gasteiger partial charge is 0.497 e. The predicted octanol–water partition coefficient (Wildman–Crippen LogP) is 3.80. The van der Waals surface area contributed by atoms with Gasteiger partial charge >= 0.3 is 11.9 Å². The van der Waals surface area contributed by atoms with Crippen LogP contribution in [0.3, 0.4) is 0 Å². The third kappa shape index (κ3) is 6.48. The molecule has 1 atom stereocenters. The van der Waals surface area contributed by atoms with Gasteiger partial charge in [-0.15, -0.1) is 0 Å². The molecule has 0 saturated carbocycles. The number of methoxy groups -OCH3 is 1. The quantitative estimate of drug-likeness (QED) is 0.234. The molecule has 0 heterocycles. The van der Waals surface area contributed by atoms with Crippen LogP contribution in [-0.2, 0) is 38.7 Å². The van der Waals surface area contributed by atoms with Crippen LogP contribution in [0.15, 0.2) is 94.7 Å². The minimum absolute atomic E-state index is 0.0888. The summed E-state index contributed by atoms with van der Waals surface area (Å²) >= 11 is 0. The van der Waals surface area contributed by atoms with Gasteiger partial charge < -0.3 is 14.2 Å². The zero-order chi connectivity index (χ0) is 28.6. The van der Waals surface area contributed by atoms with Gasteiger partial charge in [0.25, 0.3) is 0 Å². The molecule has 0 aliphatic rings. The molecular weight excluding hydrogens is 544 g/mol. The lowest BCUT2D eigenvalue weighted by Crippen LogP contribution is -2.45. The number of carbonyl (C=O) groups is 2. The van der Waals surface area contributed by atoms with Gasteiger partial charge in [-0.1, -0.05) is 48.5 Å². The van der Waals surface area contributed by atoms with Crippen molar-refractivity contribution in [2.75, 3.05) is 20.3 Å². The molecule has 0 saturated heterocycles. The molecule has 0 aliphatic carbocycles. The Morgan fingerprint density at radius 1 is 0.667 bits per heavy atom. The lowest BCUT2D eigenvalue weighted by molar-refractivity contribution is -0.162. The molecule has 0 aromatic heterocycles. The van der Waals surface area contributed by atoms with Crippen molar-refractivity contribution in [3.05, 3.63) is 90.5 Å². The van der Waals surface area contributed by atoms with Gasteiger partial charge in [-0.2, -0.15) is 0 Å². The summed E-state index contributed by atoms with van der Waals surface area (Å²) in [6, 6.07) is 19.8. The van der Waals surface area contributed by atoms with Gasteiger partial charge in [0.2, 0.25) is 0 Å². The van der Waals surface area contributed by atoms with Crippen molar-refractivity contribution in [3.63, 3.8) is 0 Å². The van der Waals surface area contributed by atoms with Gasteiger partial charge in [0.05, 0.1) is 30.1 Å². The van der Waals surface area contributed by atoms with E-state index in [4.69, 9.17) is 14.2 Å². The minimum atomic E-state index is -4.75. The lowest BCUT2D eigenvalue weighted by atomic mass is 9.87. The van der Waals surface area contributed by atoms with Gasteiger partial charge in [-0.05, 0) is 55.8 Å². The number of sulfone groups is 2. The lowest BCUT2D eigenvalue weighted by Gasteiger charge is -2.31. The van der Waals surface area contributed by atoms with Crippen LogP contribution in [0.1, 0.15) is 25.3 Å². The van der Waals surface area contributed by atoms with Crippen molar-refractivity contribution in [1.82, 2.24) is 0 Å². The summed E-state index contributed by atoms with van der Waals surface area (Å²) in [5.41, 5.74) is 0.0888. The second kappa shape index (κ2) is 12.9. The Kier molecular flexibility index (Phi) is 9.87. The van der Waals surface area contributed by atoms with Crippen molar-refractivity contribution in [1.29, 1.82) is 0 Å². The molecule has 0 radical (unpaired) electrons. The minimum Gasteiger partial charge on any atom is -0.497 e. The molecule has 39 heavy (non-hydrogen) atoms. The molecule has 0 amide bonds. The summed E-state index contributed by atoms with van der Waals surface area (Å²) in [5.74, 6) is -5.47. The molecule has 0 fully saturated rings. The highest BCUT2D eigenvalue weighted by atomic mass is 32.3. The maximum absolute atomic E-state index is 14.2. The molecule has 0 bridgehead atoms. The monoisotopic (exact) mass is 574 g/mol. The number of ether oxygens (including phenoxy) is 3. The molecular formula is C28H30O9S2. The predicted molar refractivity (Wildman–Crippen MR) is 144 cm³/mol. The van der Waals surface area contributed by atoms with Crippen molar-refractivity contribution in [3.8, 4) is 5.75 Å². The molecule has 3 aromatic carbocycles. The first-order chi connectivity index (χ1) is 18.6. The standard InChI is InChI=1S/C28H30O9S2/c1-4-36-26(29)25(27(30)37-5-2)24(20-16-18-21(35-3)19-17-20)28(38(31,32)22-12-8-6-9-13-22)39(33,34)23-14-10-7-11-15-23/h6-19,24-25,28H,4-5H2,1-3H3. The van der Waals surface area contributed by atoms with E-state index in [1.54, 1.807) is 12.1 Å². The van der Waals surface area contributed by atoms with Gasteiger partial charge in [0.1, 0.15) is 5.75 Å². The van der Waals surface area contributed by atoms with Crippen LogP contribution in [0.5, 0.6) is 5.75 Å². The summed E-state index contributed by atoms with van der Waals surface area (Å²) in [4.78, 5) is 26.0. The fourth-order valence-corrected chi connectivity index (χ4v) is 9.24. The number of hydrogen-bond acceptors (Lipinski definition) is 9. The molecule has 11 heteroatoms. The normalized spacial score (nSPS) is 12.6. The van der Waals surface area contributed by atoms with E-state index in [0.717, 1.165) is 0 Å². The molecule has 9 nitrogen and oxygen atoms in total. The Morgan fingerprint density at radius 2 is 1.08 bits per heavy atom. The van der Waals surface area contributed by atoms with Crippen molar-refractivity contribution < 1.29 is 40.6 Å². The van der Waals surface area contributed by atoms with Gasteiger partial charge in [0, 0.05) is 5.92 Å². The van der Waals surface area contributed by atoms with Crippen LogP contribution in [0.4, 0.5) is 0 Å². The summed E-state index contributed by atoms with van der Waals surface area (Å²) < 4.78 is 70.2. The molecule has 0 aliphatic heterocycles. The summed E-state index contributed by atoms with van der Waals surface area (Å²) in [7, 11) is -8.07. The number of benzene rings is 3. The van der Waals surface area contributed by atoms with E-state index in [1.165, 1.54) is 93.8 Å². The fraction of sp³-hybridized carbons (Fsp3) is 0.286. The maximum atomic E-state index is 14.2. The third-order valence-corrected chi connectivity index (χ3v) is 11.2. The first kappa shape index (κ1) is 29.9. The number of hydrogen-bond donors (Lipinski definition) is 0. The molecule has 0 N–H and O–H groups in total. The first-order valence-corrected chi connectivity index (χ1v) is 15.2. The Bertz CT molecular complexity index is 1380. The van der Waals surface area contributed by atoms with Crippen LogP contribution in [0, 0.1) is 5.92 Å². The zero-order valence-electron chi connectivity index (χ0n) is 21.7. The van der Waals surface area contributed by atoms with Crippen LogP contribution < -0.4 is 4.74 Å². The average Bonchev–Trinajstić information content (AvgIpc) is 2.94. The highest BCUT2D eigenvalue weighted by Gasteiger charge is 2.53. The Hall–Kier alpha value is -3.70. The van der Waals surface area contributed by atoms with Gasteiger partial charge in [-0.3, -0.25) is 9.59 Å². The van der Waals surface area contributed by atoms with Gasteiger partial charge in [0.15, 0.2) is 30.2 Å².